The number of nitrogens with two attached hydrogens (primary N) is 2. The molecule has 0 spiro atoms. The highest BCUT2D eigenvalue weighted by Crippen LogP contribution is 2.26. The number of aliphatic hydroxyl groups excluding tert-OH is 1. The van der Waals surface area contributed by atoms with E-state index in [9.17, 15) is 5.11 Å². The number of anilines is 2. The first-order chi connectivity index (χ1) is 14.1. The molecule has 1 aromatic carbocycles. The maximum Gasteiger partial charge on any atom is 0.222 e. The van der Waals surface area contributed by atoms with Crippen LogP contribution in [0.25, 0.3) is 21.9 Å². The van der Waals surface area contributed by atoms with Gasteiger partial charge in [-0.1, -0.05) is 31.5 Å². The molecular formula is C20H24N8O. The van der Waals surface area contributed by atoms with Crippen LogP contribution in [0.3, 0.4) is 0 Å². The highest BCUT2D eigenvalue weighted by molar-refractivity contribution is 5.88. The van der Waals surface area contributed by atoms with Crippen LogP contribution in [0.15, 0.2) is 36.7 Å². The van der Waals surface area contributed by atoms with Crippen molar-refractivity contribution in [1.82, 2.24) is 24.7 Å². The molecule has 4 aromatic rings. The maximum absolute atomic E-state index is 9.62. The van der Waals surface area contributed by atoms with E-state index in [1.165, 1.54) is 0 Å². The standard InChI is InChI=1S/C20H24N8O/c1-2-4-16(21)26-19-18-15(25-20(22)27-19)9-24-28(18)10-12-6-7-13(11-29)14-5-3-8-23-17(12)14/h3,5-9,16,29H,2,4,10-11,21H2,1H3,(H3,22,25,26,27). The first-order valence-corrected chi connectivity index (χ1v) is 9.58. The largest absolute Gasteiger partial charge is 0.392 e. The Morgan fingerprint density at radius 3 is 2.83 bits per heavy atom. The number of hydrogen-bond donors (Lipinski definition) is 4. The molecule has 0 saturated carbocycles. The Labute approximate surface area is 167 Å². The second kappa shape index (κ2) is 7.98. The van der Waals surface area contributed by atoms with Crippen molar-refractivity contribution in [2.75, 3.05) is 11.1 Å². The van der Waals surface area contributed by atoms with Crippen LogP contribution in [-0.2, 0) is 13.2 Å². The van der Waals surface area contributed by atoms with Crippen molar-refractivity contribution in [3.8, 4) is 0 Å². The molecule has 3 heterocycles. The predicted octanol–water partition coefficient (Wildman–Crippen LogP) is 1.99. The quantitative estimate of drug-likeness (QED) is 0.350. The summed E-state index contributed by atoms with van der Waals surface area (Å²) in [7, 11) is 0. The molecule has 0 saturated heterocycles. The molecule has 0 aliphatic heterocycles. The summed E-state index contributed by atoms with van der Waals surface area (Å²) < 4.78 is 1.82. The molecule has 29 heavy (non-hydrogen) atoms. The van der Waals surface area contributed by atoms with Gasteiger partial charge in [0, 0.05) is 11.6 Å². The zero-order valence-electron chi connectivity index (χ0n) is 16.2. The second-order valence-corrected chi connectivity index (χ2v) is 6.95. The average molecular weight is 392 g/mol. The molecule has 1 atom stereocenters. The van der Waals surface area contributed by atoms with Crippen LogP contribution in [-0.4, -0.2) is 36.0 Å². The van der Waals surface area contributed by atoms with Crippen molar-refractivity contribution < 1.29 is 5.11 Å². The summed E-state index contributed by atoms with van der Waals surface area (Å²) in [6.07, 6.45) is 4.92. The summed E-state index contributed by atoms with van der Waals surface area (Å²) in [5, 5.41) is 18.3. The Morgan fingerprint density at radius 2 is 2.03 bits per heavy atom. The van der Waals surface area contributed by atoms with Gasteiger partial charge in [-0.3, -0.25) is 9.67 Å². The minimum absolute atomic E-state index is 0.0380. The number of aliphatic hydroxyl groups is 1. The molecule has 0 aliphatic rings. The third kappa shape index (κ3) is 3.69. The normalized spacial score (nSPS) is 12.5. The minimum Gasteiger partial charge on any atom is -0.392 e. The number of fused-ring (bicyclic) bond motifs is 2. The topological polar surface area (TPSA) is 141 Å². The summed E-state index contributed by atoms with van der Waals surface area (Å²) >= 11 is 0. The Morgan fingerprint density at radius 1 is 1.21 bits per heavy atom. The van der Waals surface area contributed by atoms with Crippen LogP contribution in [0, 0.1) is 0 Å². The Balaban J connectivity index is 1.79. The number of rotatable bonds is 7. The lowest BCUT2D eigenvalue weighted by molar-refractivity contribution is 0.283. The van der Waals surface area contributed by atoms with E-state index in [2.05, 4.69) is 32.3 Å². The van der Waals surface area contributed by atoms with Gasteiger partial charge >= 0.3 is 0 Å². The zero-order chi connectivity index (χ0) is 20.4. The molecule has 6 N–H and O–H groups in total. The van der Waals surface area contributed by atoms with Crippen molar-refractivity contribution in [3.05, 3.63) is 47.8 Å². The number of aromatic nitrogens is 5. The Bertz CT molecular complexity index is 1160. The SMILES string of the molecule is CCCC(N)Nc1nc(N)nc2cnn(Cc3ccc(CO)c4cccnc34)c12. The third-order valence-electron chi connectivity index (χ3n) is 4.86. The first kappa shape index (κ1) is 19.0. The fraction of sp³-hybridized carbons (Fsp3) is 0.300. The maximum atomic E-state index is 9.62. The van der Waals surface area contributed by atoms with E-state index in [0.717, 1.165) is 40.4 Å². The first-order valence-electron chi connectivity index (χ1n) is 9.58. The van der Waals surface area contributed by atoms with E-state index in [1.807, 2.05) is 28.9 Å². The van der Waals surface area contributed by atoms with Crippen LogP contribution in [0.1, 0.15) is 30.9 Å². The van der Waals surface area contributed by atoms with Crippen molar-refractivity contribution in [1.29, 1.82) is 0 Å². The summed E-state index contributed by atoms with van der Waals surface area (Å²) in [6, 6.07) is 7.69. The lowest BCUT2D eigenvalue weighted by Gasteiger charge is -2.16. The number of benzene rings is 1. The molecule has 0 radical (unpaired) electrons. The number of nitrogen functional groups attached to an aromatic ring is 1. The Kier molecular flexibility index (Phi) is 5.24. The smallest absolute Gasteiger partial charge is 0.222 e. The van der Waals surface area contributed by atoms with Crippen molar-refractivity contribution in [3.63, 3.8) is 0 Å². The van der Waals surface area contributed by atoms with Gasteiger partial charge in [0.15, 0.2) is 5.82 Å². The van der Waals surface area contributed by atoms with E-state index in [-0.39, 0.29) is 18.7 Å². The van der Waals surface area contributed by atoms with Crippen LogP contribution < -0.4 is 16.8 Å². The molecule has 9 heteroatoms. The summed E-state index contributed by atoms with van der Waals surface area (Å²) in [5.74, 6) is 0.734. The van der Waals surface area contributed by atoms with Crippen LogP contribution in [0.2, 0.25) is 0 Å². The van der Waals surface area contributed by atoms with Crippen molar-refractivity contribution in [2.45, 2.75) is 39.1 Å². The van der Waals surface area contributed by atoms with Gasteiger partial charge in [-0.05, 0) is 23.6 Å². The molecule has 3 aromatic heterocycles. The third-order valence-corrected chi connectivity index (χ3v) is 4.86. The van der Waals surface area contributed by atoms with Gasteiger partial charge in [0.2, 0.25) is 5.95 Å². The number of nitrogens with one attached hydrogen (secondary N) is 1. The molecule has 0 aliphatic carbocycles. The summed E-state index contributed by atoms with van der Waals surface area (Å²) in [5.41, 5.74) is 16.1. The van der Waals surface area contributed by atoms with Gasteiger partial charge in [-0.2, -0.15) is 10.1 Å². The zero-order valence-corrected chi connectivity index (χ0v) is 16.2. The number of hydrogen-bond acceptors (Lipinski definition) is 8. The van der Waals surface area contributed by atoms with E-state index in [1.54, 1.807) is 12.4 Å². The van der Waals surface area contributed by atoms with E-state index in [0.29, 0.717) is 17.9 Å². The van der Waals surface area contributed by atoms with Crippen molar-refractivity contribution >= 4 is 33.7 Å². The molecule has 4 rings (SSSR count). The van der Waals surface area contributed by atoms with Crippen LogP contribution in [0.4, 0.5) is 11.8 Å². The van der Waals surface area contributed by atoms with Gasteiger partial charge in [-0.25, -0.2) is 4.98 Å². The van der Waals surface area contributed by atoms with Crippen LogP contribution in [0.5, 0.6) is 0 Å². The highest BCUT2D eigenvalue weighted by atomic mass is 16.3. The van der Waals surface area contributed by atoms with E-state index in [4.69, 9.17) is 11.5 Å². The fourth-order valence-electron chi connectivity index (χ4n) is 3.51. The van der Waals surface area contributed by atoms with Gasteiger partial charge in [0.25, 0.3) is 0 Å². The van der Waals surface area contributed by atoms with Crippen LogP contribution >= 0.6 is 0 Å². The molecule has 9 nitrogen and oxygen atoms in total. The van der Waals surface area contributed by atoms with Gasteiger partial charge in [-0.15, -0.1) is 0 Å². The molecule has 1 unspecified atom stereocenters. The molecule has 150 valence electrons. The lowest BCUT2D eigenvalue weighted by atomic mass is 10.0. The summed E-state index contributed by atoms with van der Waals surface area (Å²) in [4.78, 5) is 13.2. The lowest BCUT2D eigenvalue weighted by Crippen LogP contribution is -2.30. The van der Waals surface area contributed by atoms with Gasteiger partial charge in [0.1, 0.15) is 11.0 Å². The number of pyridine rings is 1. The fourth-order valence-corrected chi connectivity index (χ4v) is 3.51. The number of nitrogens with zero attached hydrogens (tertiary/aromatic N) is 5. The molecule has 0 amide bonds. The van der Waals surface area contributed by atoms with E-state index < -0.39 is 0 Å². The molecule has 0 bridgehead atoms. The Hall–Kier alpha value is -3.30. The van der Waals surface area contributed by atoms with Gasteiger partial charge < -0.3 is 21.9 Å². The predicted molar refractivity (Wildman–Crippen MR) is 113 cm³/mol. The van der Waals surface area contributed by atoms with E-state index >= 15 is 0 Å². The van der Waals surface area contributed by atoms with Gasteiger partial charge in [0.05, 0.1) is 31.0 Å². The molecule has 0 fully saturated rings. The highest BCUT2D eigenvalue weighted by Gasteiger charge is 2.16. The second-order valence-electron chi connectivity index (χ2n) is 6.95. The minimum atomic E-state index is -0.243. The average Bonchev–Trinajstić information content (AvgIpc) is 3.11. The molecular weight excluding hydrogens is 368 g/mol. The summed E-state index contributed by atoms with van der Waals surface area (Å²) in [6.45, 7) is 2.50. The monoisotopic (exact) mass is 392 g/mol. The van der Waals surface area contributed by atoms with Crippen molar-refractivity contribution in [2.24, 2.45) is 5.73 Å².